The van der Waals surface area contributed by atoms with Crippen LogP contribution in [0.15, 0.2) is 43.0 Å². The van der Waals surface area contributed by atoms with Gasteiger partial charge in [-0.2, -0.15) is 0 Å². The number of aromatic hydroxyl groups is 1. The van der Waals surface area contributed by atoms with E-state index in [9.17, 15) is 5.11 Å². The van der Waals surface area contributed by atoms with E-state index in [2.05, 4.69) is 6.58 Å². The lowest BCUT2D eigenvalue weighted by Gasteiger charge is -2.22. The molecule has 0 bridgehead atoms. The highest BCUT2D eigenvalue weighted by atomic mass is 35.5. The first kappa shape index (κ1) is 10.2. The minimum absolute atomic E-state index is 0.200. The molecule has 1 heterocycles. The van der Waals surface area contributed by atoms with Crippen molar-refractivity contribution in [3.8, 4) is 22.6 Å². The van der Waals surface area contributed by atoms with Crippen molar-refractivity contribution in [2.75, 3.05) is 0 Å². The molecule has 17 heavy (non-hydrogen) atoms. The molecular weight excluding hydrogens is 236 g/mol. The summed E-state index contributed by atoms with van der Waals surface area (Å²) in [6.45, 7) is 3.85. The van der Waals surface area contributed by atoms with E-state index in [4.69, 9.17) is 16.3 Å². The minimum Gasteiger partial charge on any atom is -0.508 e. The van der Waals surface area contributed by atoms with E-state index in [1.165, 1.54) is 0 Å². The van der Waals surface area contributed by atoms with Crippen molar-refractivity contribution in [3.05, 3.63) is 53.6 Å². The molecule has 3 rings (SSSR count). The van der Waals surface area contributed by atoms with Gasteiger partial charge in [-0.3, -0.25) is 0 Å². The molecule has 0 fully saturated rings. The Morgan fingerprint density at radius 2 is 1.76 bits per heavy atom. The Morgan fingerprint density at radius 3 is 2.59 bits per heavy atom. The van der Waals surface area contributed by atoms with Gasteiger partial charge in [0.25, 0.3) is 0 Å². The number of hydrogen-bond donors (Lipinski definition) is 1. The van der Waals surface area contributed by atoms with Gasteiger partial charge < -0.3 is 9.84 Å². The third-order valence-corrected chi connectivity index (χ3v) is 3.01. The molecule has 2 aromatic carbocycles. The standard InChI is InChI=1S/C14H9ClO2/c1-8-13-7-10(16)3-5-11(13)12-4-2-9(15)6-14(12)17-8/h2-7,16H,1H2. The number of rotatable bonds is 0. The number of halogens is 1. The maximum atomic E-state index is 9.48. The quantitative estimate of drug-likeness (QED) is 0.757. The van der Waals surface area contributed by atoms with Gasteiger partial charge in [-0.05, 0) is 35.9 Å². The molecule has 1 aliphatic rings. The van der Waals surface area contributed by atoms with Crippen LogP contribution in [0.1, 0.15) is 5.56 Å². The van der Waals surface area contributed by atoms with Crippen molar-refractivity contribution in [3.63, 3.8) is 0 Å². The molecule has 1 aliphatic heterocycles. The Hall–Kier alpha value is -1.93. The van der Waals surface area contributed by atoms with Crippen molar-refractivity contribution < 1.29 is 9.84 Å². The van der Waals surface area contributed by atoms with Crippen LogP contribution in [0.3, 0.4) is 0 Å². The zero-order valence-corrected chi connectivity index (χ0v) is 9.66. The van der Waals surface area contributed by atoms with Crippen LogP contribution < -0.4 is 4.74 Å². The molecule has 0 aliphatic carbocycles. The topological polar surface area (TPSA) is 29.5 Å². The Bertz CT molecular complexity index is 632. The Kier molecular flexibility index (Phi) is 2.13. The second kappa shape index (κ2) is 3.54. The fourth-order valence-electron chi connectivity index (χ4n) is 1.99. The molecule has 0 spiro atoms. The van der Waals surface area contributed by atoms with Crippen molar-refractivity contribution in [2.24, 2.45) is 0 Å². The van der Waals surface area contributed by atoms with Gasteiger partial charge in [0.15, 0.2) is 0 Å². The average Bonchev–Trinajstić information content (AvgIpc) is 2.29. The Morgan fingerprint density at radius 1 is 1.00 bits per heavy atom. The summed E-state index contributed by atoms with van der Waals surface area (Å²) in [4.78, 5) is 0. The number of benzene rings is 2. The molecule has 1 N–H and O–H groups in total. The summed E-state index contributed by atoms with van der Waals surface area (Å²) < 4.78 is 5.60. The summed E-state index contributed by atoms with van der Waals surface area (Å²) in [5.41, 5.74) is 2.75. The maximum absolute atomic E-state index is 9.48. The molecule has 0 amide bonds. The van der Waals surface area contributed by atoms with Crippen LogP contribution in [0.4, 0.5) is 0 Å². The van der Waals surface area contributed by atoms with Gasteiger partial charge in [-0.1, -0.05) is 18.2 Å². The minimum atomic E-state index is 0.200. The van der Waals surface area contributed by atoms with E-state index < -0.39 is 0 Å². The average molecular weight is 245 g/mol. The number of fused-ring (bicyclic) bond motifs is 3. The van der Waals surface area contributed by atoms with Gasteiger partial charge in [0, 0.05) is 22.2 Å². The summed E-state index contributed by atoms with van der Waals surface area (Å²) >= 11 is 5.93. The van der Waals surface area contributed by atoms with Crippen LogP contribution in [0.25, 0.3) is 16.9 Å². The first-order valence-corrected chi connectivity index (χ1v) is 5.53. The van der Waals surface area contributed by atoms with Crippen molar-refractivity contribution in [2.45, 2.75) is 0 Å². The lowest BCUT2D eigenvalue weighted by molar-refractivity contribution is 0.472. The Labute approximate surface area is 104 Å². The summed E-state index contributed by atoms with van der Waals surface area (Å²) in [5, 5.41) is 10.1. The van der Waals surface area contributed by atoms with Crippen molar-refractivity contribution >= 4 is 17.4 Å². The first-order valence-electron chi connectivity index (χ1n) is 5.15. The zero-order chi connectivity index (χ0) is 12.0. The zero-order valence-electron chi connectivity index (χ0n) is 8.90. The Balaban J connectivity index is 2.30. The van der Waals surface area contributed by atoms with E-state index in [-0.39, 0.29) is 5.75 Å². The fraction of sp³-hybridized carbons (Fsp3) is 0. The molecule has 2 aromatic rings. The van der Waals surface area contributed by atoms with Gasteiger partial charge in [0.2, 0.25) is 0 Å². The van der Waals surface area contributed by atoms with E-state index >= 15 is 0 Å². The molecule has 3 heteroatoms. The predicted molar refractivity (Wildman–Crippen MR) is 68.2 cm³/mol. The SMILES string of the molecule is C=C1Oc2cc(Cl)ccc2-c2ccc(O)cc21. The van der Waals surface area contributed by atoms with E-state index in [0.29, 0.717) is 16.5 Å². The summed E-state index contributed by atoms with van der Waals surface area (Å²) in [7, 11) is 0. The number of phenols is 1. The highest BCUT2D eigenvalue weighted by Crippen LogP contribution is 2.43. The van der Waals surface area contributed by atoms with Crippen LogP contribution >= 0.6 is 11.6 Å². The van der Waals surface area contributed by atoms with Crippen LogP contribution in [0.5, 0.6) is 11.5 Å². The van der Waals surface area contributed by atoms with Crippen molar-refractivity contribution in [1.82, 2.24) is 0 Å². The van der Waals surface area contributed by atoms with E-state index in [1.807, 2.05) is 18.2 Å². The smallest absolute Gasteiger partial charge is 0.136 e. The lowest BCUT2D eigenvalue weighted by Crippen LogP contribution is -2.03. The number of hydrogen-bond acceptors (Lipinski definition) is 2. The third kappa shape index (κ3) is 1.58. The largest absolute Gasteiger partial charge is 0.508 e. The van der Waals surface area contributed by atoms with E-state index in [0.717, 1.165) is 16.7 Å². The van der Waals surface area contributed by atoms with Crippen LogP contribution in [-0.2, 0) is 0 Å². The summed E-state index contributed by atoms with van der Waals surface area (Å²) in [6, 6.07) is 10.6. The normalized spacial score (nSPS) is 12.6. The number of ether oxygens (including phenoxy) is 1. The summed E-state index contributed by atoms with van der Waals surface area (Å²) in [5.74, 6) is 1.41. The van der Waals surface area contributed by atoms with Crippen molar-refractivity contribution in [1.29, 1.82) is 0 Å². The molecule has 0 saturated heterocycles. The van der Waals surface area contributed by atoms with Gasteiger partial charge in [0.1, 0.15) is 17.3 Å². The lowest BCUT2D eigenvalue weighted by atomic mass is 9.95. The monoisotopic (exact) mass is 244 g/mol. The molecular formula is C14H9ClO2. The van der Waals surface area contributed by atoms with Gasteiger partial charge in [-0.15, -0.1) is 0 Å². The molecule has 2 nitrogen and oxygen atoms in total. The molecule has 84 valence electrons. The van der Waals surface area contributed by atoms with E-state index in [1.54, 1.807) is 18.2 Å². The van der Waals surface area contributed by atoms with Crippen LogP contribution in [0.2, 0.25) is 5.02 Å². The molecule has 0 radical (unpaired) electrons. The third-order valence-electron chi connectivity index (χ3n) is 2.77. The summed E-state index contributed by atoms with van der Waals surface area (Å²) in [6.07, 6.45) is 0. The highest BCUT2D eigenvalue weighted by Gasteiger charge is 2.20. The van der Waals surface area contributed by atoms with Gasteiger partial charge in [0.05, 0.1) is 0 Å². The number of phenolic OH excluding ortho intramolecular Hbond substituents is 1. The van der Waals surface area contributed by atoms with Gasteiger partial charge in [-0.25, -0.2) is 0 Å². The van der Waals surface area contributed by atoms with Crippen LogP contribution in [-0.4, -0.2) is 5.11 Å². The molecule has 0 saturated carbocycles. The fourth-order valence-corrected chi connectivity index (χ4v) is 2.15. The first-order chi connectivity index (χ1) is 8.15. The maximum Gasteiger partial charge on any atom is 0.136 e. The molecule has 0 unspecified atom stereocenters. The van der Waals surface area contributed by atoms with Gasteiger partial charge >= 0.3 is 0 Å². The second-order valence-electron chi connectivity index (χ2n) is 3.90. The van der Waals surface area contributed by atoms with Crippen LogP contribution in [0, 0.1) is 0 Å². The molecule has 0 aromatic heterocycles. The predicted octanol–water partition coefficient (Wildman–Crippen LogP) is 4.08. The second-order valence-corrected chi connectivity index (χ2v) is 4.33. The molecule has 0 atom stereocenters. The highest BCUT2D eigenvalue weighted by molar-refractivity contribution is 6.30.